The molecular formula is C20H29PSi. The number of benzene rings is 2. The Hall–Kier alpha value is -0.913. The lowest BCUT2D eigenvalue weighted by Crippen LogP contribution is -2.68. The smallest absolute Gasteiger partial charge is 0.124 e. The lowest BCUT2D eigenvalue weighted by molar-refractivity contribution is 0.607. The van der Waals surface area contributed by atoms with Crippen molar-refractivity contribution in [2.24, 2.45) is 0 Å². The monoisotopic (exact) mass is 328 g/mol. The summed E-state index contributed by atoms with van der Waals surface area (Å²) >= 11 is 0. The van der Waals surface area contributed by atoms with Gasteiger partial charge in [0.25, 0.3) is 0 Å². The zero-order valence-corrected chi connectivity index (χ0v) is 16.3. The van der Waals surface area contributed by atoms with Crippen LogP contribution in [-0.2, 0) is 0 Å². The quantitative estimate of drug-likeness (QED) is 0.513. The summed E-state index contributed by atoms with van der Waals surface area (Å²) in [6.45, 7) is 7.20. The molecule has 1 unspecified atom stereocenters. The molecule has 0 nitrogen and oxygen atoms in total. The summed E-state index contributed by atoms with van der Waals surface area (Å²) in [6, 6.07) is 22.5. The van der Waals surface area contributed by atoms with Crippen LogP contribution in [-0.4, -0.2) is 12.9 Å². The molecule has 2 aromatic rings. The van der Waals surface area contributed by atoms with Crippen molar-refractivity contribution in [2.45, 2.75) is 50.9 Å². The van der Waals surface area contributed by atoms with Gasteiger partial charge in [-0.1, -0.05) is 104 Å². The van der Waals surface area contributed by atoms with Gasteiger partial charge in [-0.05, 0) is 17.6 Å². The Kier molecular flexibility index (Phi) is 6.00. The molecule has 118 valence electrons. The first-order chi connectivity index (χ1) is 10.6. The van der Waals surface area contributed by atoms with Crippen molar-refractivity contribution in [3.8, 4) is 0 Å². The van der Waals surface area contributed by atoms with Crippen LogP contribution in [0.25, 0.3) is 0 Å². The van der Waals surface area contributed by atoms with E-state index in [4.69, 9.17) is 0 Å². The van der Waals surface area contributed by atoms with Gasteiger partial charge in [0.15, 0.2) is 0 Å². The molecule has 22 heavy (non-hydrogen) atoms. The zero-order valence-electron chi connectivity index (χ0n) is 14.2. The normalized spacial score (nSPS) is 12.4. The van der Waals surface area contributed by atoms with Gasteiger partial charge in [-0.2, -0.15) is 0 Å². The van der Waals surface area contributed by atoms with E-state index in [1.165, 1.54) is 25.7 Å². The molecule has 2 aromatic carbocycles. The first kappa shape index (κ1) is 17.4. The highest BCUT2D eigenvalue weighted by Gasteiger charge is 2.47. The van der Waals surface area contributed by atoms with Gasteiger partial charge in [-0.25, -0.2) is 0 Å². The average molecular weight is 329 g/mol. The maximum Gasteiger partial charge on any atom is 0.124 e. The summed E-state index contributed by atoms with van der Waals surface area (Å²) < 4.78 is 0.319. The van der Waals surface area contributed by atoms with E-state index < -0.39 is 8.07 Å². The lowest BCUT2D eigenvalue weighted by Gasteiger charge is -2.46. The molecule has 0 saturated heterocycles. The standard InChI is InChI=1S/C20H29PSi/c1-4-16-20(21,17-5-2)22(3,18-12-8-6-9-13-18)19-14-10-7-11-15-19/h6-15H,4-5,16-17,21H2,1-3H3. The highest BCUT2D eigenvalue weighted by Crippen LogP contribution is 2.39. The Morgan fingerprint density at radius 1 is 0.773 bits per heavy atom. The van der Waals surface area contributed by atoms with E-state index in [1.54, 1.807) is 10.4 Å². The van der Waals surface area contributed by atoms with E-state index >= 15 is 0 Å². The van der Waals surface area contributed by atoms with Crippen LogP contribution >= 0.6 is 9.24 Å². The molecule has 0 N–H and O–H groups in total. The highest BCUT2D eigenvalue weighted by atomic mass is 31.0. The Morgan fingerprint density at radius 2 is 1.14 bits per heavy atom. The fraction of sp³-hybridized carbons (Fsp3) is 0.400. The van der Waals surface area contributed by atoms with E-state index in [1.807, 2.05) is 0 Å². The SMILES string of the molecule is CCCC(P)(CCC)[Si](C)(c1ccccc1)c1ccccc1. The molecular weight excluding hydrogens is 299 g/mol. The van der Waals surface area contributed by atoms with E-state index in [0.717, 1.165) is 0 Å². The summed E-state index contributed by atoms with van der Waals surface area (Å²) in [6.07, 6.45) is 5.04. The number of hydrogen-bond donors (Lipinski definition) is 0. The minimum atomic E-state index is -1.83. The van der Waals surface area contributed by atoms with Gasteiger partial charge in [0.1, 0.15) is 8.07 Å². The summed E-state index contributed by atoms with van der Waals surface area (Å²) in [7, 11) is 1.48. The van der Waals surface area contributed by atoms with Crippen LogP contribution in [0.2, 0.25) is 6.55 Å². The highest BCUT2D eigenvalue weighted by molar-refractivity contribution is 7.31. The molecule has 1 atom stereocenters. The predicted molar refractivity (Wildman–Crippen MR) is 106 cm³/mol. The van der Waals surface area contributed by atoms with Gasteiger partial charge in [-0.3, -0.25) is 0 Å². The van der Waals surface area contributed by atoms with Crippen LogP contribution in [0.5, 0.6) is 0 Å². The van der Waals surface area contributed by atoms with Crippen molar-refractivity contribution in [3.05, 3.63) is 60.7 Å². The minimum absolute atomic E-state index is 0.319. The van der Waals surface area contributed by atoms with Crippen LogP contribution in [0.1, 0.15) is 39.5 Å². The molecule has 0 saturated carbocycles. The van der Waals surface area contributed by atoms with Crippen molar-refractivity contribution >= 4 is 27.7 Å². The van der Waals surface area contributed by atoms with Gasteiger partial charge >= 0.3 is 0 Å². The predicted octanol–water partition coefficient (Wildman–Crippen LogP) is 4.63. The maximum absolute atomic E-state index is 3.31. The number of rotatable bonds is 7. The lowest BCUT2D eigenvalue weighted by atomic mass is 10.1. The Balaban J connectivity index is 2.64. The maximum atomic E-state index is 3.31. The first-order valence-corrected chi connectivity index (χ1v) is 11.6. The van der Waals surface area contributed by atoms with Crippen LogP contribution < -0.4 is 10.4 Å². The van der Waals surface area contributed by atoms with Crippen LogP contribution in [0.4, 0.5) is 0 Å². The second-order valence-electron chi connectivity index (χ2n) is 6.51. The molecule has 0 amide bonds. The third kappa shape index (κ3) is 3.21. The van der Waals surface area contributed by atoms with Crippen molar-refractivity contribution in [2.75, 3.05) is 0 Å². The second kappa shape index (κ2) is 7.57. The minimum Gasteiger partial charge on any atom is -0.133 e. The van der Waals surface area contributed by atoms with E-state index in [-0.39, 0.29) is 0 Å². The van der Waals surface area contributed by atoms with Gasteiger partial charge in [0, 0.05) is 0 Å². The molecule has 0 bridgehead atoms. The van der Waals surface area contributed by atoms with Gasteiger partial charge in [0.2, 0.25) is 0 Å². The van der Waals surface area contributed by atoms with Gasteiger partial charge in [-0.15, -0.1) is 9.24 Å². The second-order valence-corrected chi connectivity index (χ2v) is 12.6. The summed E-state index contributed by atoms with van der Waals surface area (Å²) in [4.78, 5) is 0. The molecule has 0 aliphatic carbocycles. The summed E-state index contributed by atoms with van der Waals surface area (Å²) in [5, 5.41) is 3.11. The molecule has 2 rings (SSSR count). The fourth-order valence-electron chi connectivity index (χ4n) is 3.80. The molecule has 0 radical (unpaired) electrons. The first-order valence-electron chi connectivity index (χ1n) is 8.48. The number of hydrogen-bond acceptors (Lipinski definition) is 0. The summed E-state index contributed by atoms with van der Waals surface area (Å²) in [5.74, 6) is 0. The molecule has 0 aromatic heterocycles. The van der Waals surface area contributed by atoms with Crippen LogP contribution in [0, 0.1) is 0 Å². The Morgan fingerprint density at radius 3 is 1.45 bits per heavy atom. The molecule has 0 aliphatic heterocycles. The van der Waals surface area contributed by atoms with Crippen molar-refractivity contribution in [3.63, 3.8) is 0 Å². The van der Waals surface area contributed by atoms with Gasteiger partial charge < -0.3 is 0 Å². The zero-order chi connectivity index (χ0) is 16.1. The topological polar surface area (TPSA) is 0 Å². The van der Waals surface area contributed by atoms with Crippen LogP contribution in [0.15, 0.2) is 60.7 Å². The fourth-order valence-corrected chi connectivity index (χ4v) is 10.1. The Bertz CT molecular complexity index is 519. The largest absolute Gasteiger partial charge is 0.133 e. The molecule has 0 fully saturated rings. The molecule has 0 spiro atoms. The van der Waals surface area contributed by atoms with Crippen LogP contribution in [0.3, 0.4) is 0 Å². The Labute approximate surface area is 139 Å². The van der Waals surface area contributed by atoms with Crippen molar-refractivity contribution < 1.29 is 0 Å². The summed E-state index contributed by atoms with van der Waals surface area (Å²) in [5.41, 5.74) is 0. The van der Waals surface area contributed by atoms with E-state index in [9.17, 15) is 0 Å². The third-order valence-corrected chi connectivity index (χ3v) is 12.9. The molecule has 0 aliphatic rings. The van der Waals surface area contributed by atoms with E-state index in [0.29, 0.717) is 4.78 Å². The third-order valence-electron chi connectivity index (χ3n) is 5.09. The van der Waals surface area contributed by atoms with Crippen molar-refractivity contribution in [1.82, 2.24) is 0 Å². The molecule has 0 heterocycles. The van der Waals surface area contributed by atoms with E-state index in [2.05, 4.69) is 90.3 Å². The average Bonchev–Trinajstić information content (AvgIpc) is 2.56. The van der Waals surface area contributed by atoms with Gasteiger partial charge in [0.05, 0.1) is 0 Å². The molecule has 2 heteroatoms. The van der Waals surface area contributed by atoms with Crippen molar-refractivity contribution in [1.29, 1.82) is 0 Å².